The lowest BCUT2D eigenvalue weighted by Gasteiger charge is -2.32. The van der Waals surface area contributed by atoms with E-state index in [-0.39, 0.29) is 17.1 Å². The van der Waals surface area contributed by atoms with Crippen LogP contribution < -0.4 is 10.1 Å². The monoisotopic (exact) mass is 424 g/mol. The zero-order valence-electron chi connectivity index (χ0n) is 17.5. The van der Waals surface area contributed by atoms with Gasteiger partial charge in [-0.1, -0.05) is 12.1 Å². The molecule has 2 heterocycles. The van der Waals surface area contributed by atoms with Crippen LogP contribution in [0.3, 0.4) is 0 Å². The van der Waals surface area contributed by atoms with E-state index < -0.39 is 0 Å². The molecule has 2 amide bonds. The SMILES string of the molecule is COc1ccc(CCC2CCN(C(=O)c3ccc4c(c3)NC(=O)C(C)S4)CC2)cc1. The van der Waals surface area contributed by atoms with Gasteiger partial charge < -0.3 is 15.0 Å². The molecule has 0 aromatic heterocycles. The van der Waals surface area contributed by atoms with Crippen LogP contribution in [-0.2, 0) is 11.2 Å². The van der Waals surface area contributed by atoms with E-state index in [0.29, 0.717) is 11.5 Å². The molecule has 6 heteroatoms. The molecule has 30 heavy (non-hydrogen) atoms. The predicted octanol–water partition coefficient (Wildman–Crippen LogP) is 4.61. The molecule has 2 aliphatic heterocycles. The number of carbonyl (C=O) groups excluding carboxylic acids is 2. The minimum absolute atomic E-state index is 0.00484. The van der Waals surface area contributed by atoms with Crippen molar-refractivity contribution in [1.29, 1.82) is 0 Å². The summed E-state index contributed by atoms with van der Waals surface area (Å²) in [6.07, 6.45) is 4.28. The van der Waals surface area contributed by atoms with Crippen molar-refractivity contribution in [3.63, 3.8) is 0 Å². The van der Waals surface area contributed by atoms with E-state index in [4.69, 9.17) is 4.74 Å². The van der Waals surface area contributed by atoms with E-state index in [1.165, 1.54) is 17.3 Å². The lowest BCUT2D eigenvalue weighted by atomic mass is 9.90. The normalized spacial score (nSPS) is 19.2. The summed E-state index contributed by atoms with van der Waals surface area (Å²) in [4.78, 5) is 27.9. The first kappa shape index (κ1) is 20.8. The van der Waals surface area contributed by atoms with E-state index in [9.17, 15) is 9.59 Å². The van der Waals surface area contributed by atoms with Crippen LogP contribution in [0.25, 0.3) is 0 Å². The van der Waals surface area contributed by atoms with Crippen LogP contribution in [0.4, 0.5) is 5.69 Å². The fourth-order valence-corrected chi connectivity index (χ4v) is 5.04. The molecule has 4 rings (SSSR count). The van der Waals surface area contributed by atoms with Gasteiger partial charge in [0.05, 0.1) is 18.0 Å². The summed E-state index contributed by atoms with van der Waals surface area (Å²) < 4.78 is 5.22. The predicted molar refractivity (Wildman–Crippen MR) is 120 cm³/mol. The van der Waals surface area contributed by atoms with Crippen molar-refractivity contribution in [2.24, 2.45) is 5.92 Å². The van der Waals surface area contributed by atoms with Gasteiger partial charge in [0.1, 0.15) is 5.75 Å². The van der Waals surface area contributed by atoms with Crippen molar-refractivity contribution in [2.45, 2.75) is 42.8 Å². The Bertz CT molecular complexity index is 921. The molecule has 0 spiro atoms. The van der Waals surface area contributed by atoms with E-state index in [1.807, 2.05) is 42.2 Å². The fourth-order valence-electron chi connectivity index (χ4n) is 4.11. The summed E-state index contributed by atoms with van der Waals surface area (Å²) in [5.74, 6) is 1.59. The van der Waals surface area contributed by atoms with E-state index in [0.717, 1.165) is 55.1 Å². The number of aryl methyl sites for hydroxylation is 1. The number of hydrogen-bond donors (Lipinski definition) is 1. The fraction of sp³-hybridized carbons (Fsp3) is 0.417. The number of ether oxygens (including phenoxy) is 1. The molecule has 1 fully saturated rings. The average Bonchev–Trinajstić information content (AvgIpc) is 2.78. The number of nitrogens with zero attached hydrogens (tertiary/aromatic N) is 1. The number of carbonyl (C=O) groups is 2. The maximum absolute atomic E-state index is 13.0. The van der Waals surface area contributed by atoms with Crippen LogP contribution in [0, 0.1) is 5.92 Å². The van der Waals surface area contributed by atoms with Gasteiger partial charge in [0.2, 0.25) is 5.91 Å². The van der Waals surface area contributed by atoms with Gasteiger partial charge in [0.15, 0.2) is 0 Å². The molecule has 158 valence electrons. The maximum Gasteiger partial charge on any atom is 0.253 e. The smallest absolute Gasteiger partial charge is 0.253 e. The van der Waals surface area contributed by atoms with Gasteiger partial charge >= 0.3 is 0 Å². The zero-order valence-corrected chi connectivity index (χ0v) is 18.3. The third-order valence-corrected chi connectivity index (χ3v) is 7.24. The highest BCUT2D eigenvalue weighted by Gasteiger charge is 2.27. The van der Waals surface area contributed by atoms with Crippen molar-refractivity contribution >= 4 is 29.3 Å². The van der Waals surface area contributed by atoms with Gasteiger partial charge in [-0.2, -0.15) is 0 Å². The molecule has 0 radical (unpaired) electrons. The lowest BCUT2D eigenvalue weighted by Crippen LogP contribution is -2.38. The van der Waals surface area contributed by atoms with Gasteiger partial charge in [-0.25, -0.2) is 0 Å². The number of methoxy groups -OCH3 is 1. The van der Waals surface area contributed by atoms with E-state index in [2.05, 4.69) is 17.4 Å². The molecule has 1 unspecified atom stereocenters. The molecule has 1 N–H and O–H groups in total. The Balaban J connectivity index is 1.30. The summed E-state index contributed by atoms with van der Waals surface area (Å²) >= 11 is 1.54. The quantitative estimate of drug-likeness (QED) is 0.761. The first-order chi connectivity index (χ1) is 14.5. The Morgan fingerprint density at radius 3 is 2.60 bits per heavy atom. The summed E-state index contributed by atoms with van der Waals surface area (Å²) in [5.41, 5.74) is 2.74. The average molecular weight is 425 g/mol. The number of piperidine rings is 1. The lowest BCUT2D eigenvalue weighted by molar-refractivity contribution is -0.115. The molecule has 0 saturated carbocycles. The van der Waals surface area contributed by atoms with Gasteiger partial charge in [0.25, 0.3) is 5.91 Å². The molecule has 2 aromatic rings. The number of thioether (sulfide) groups is 1. The third-order valence-electron chi connectivity index (χ3n) is 6.06. The number of amides is 2. The van der Waals surface area contributed by atoms with Crippen molar-refractivity contribution in [2.75, 3.05) is 25.5 Å². The zero-order chi connectivity index (χ0) is 21.1. The number of fused-ring (bicyclic) bond motifs is 1. The molecule has 2 aliphatic rings. The van der Waals surface area contributed by atoms with Gasteiger partial charge in [-0.05, 0) is 74.4 Å². The summed E-state index contributed by atoms with van der Waals surface area (Å²) in [5, 5.41) is 2.82. The third kappa shape index (κ3) is 4.64. The molecule has 2 aromatic carbocycles. The highest BCUT2D eigenvalue weighted by Crippen LogP contribution is 2.36. The van der Waals surface area contributed by atoms with Gasteiger partial charge in [-0.3, -0.25) is 9.59 Å². The number of hydrogen-bond acceptors (Lipinski definition) is 4. The number of likely N-dealkylation sites (tertiary alicyclic amines) is 1. The first-order valence-corrected chi connectivity index (χ1v) is 11.4. The van der Waals surface area contributed by atoms with Gasteiger partial charge in [0, 0.05) is 23.5 Å². The number of benzene rings is 2. The molecular formula is C24H28N2O3S. The minimum atomic E-state index is -0.101. The number of rotatable bonds is 5. The van der Waals surface area contributed by atoms with E-state index >= 15 is 0 Å². The van der Waals surface area contributed by atoms with Crippen LogP contribution >= 0.6 is 11.8 Å². The Morgan fingerprint density at radius 2 is 1.90 bits per heavy atom. The van der Waals surface area contributed by atoms with Crippen molar-refractivity contribution in [3.05, 3.63) is 53.6 Å². The molecular weight excluding hydrogens is 396 g/mol. The van der Waals surface area contributed by atoms with Gasteiger partial charge in [-0.15, -0.1) is 11.8 Å². The molecule has 1 saturated heterocycles. The second-order valence-electron chi connectivity index (χ2n) is 8.08. The topological polar surface area (TPSA) is 58.6 Å². The summed E-state index contributed by atoms with van der Waals surface area (Å²) in [7, 11) is 1.68. The van der Waals surface area contributed by atoms with Crippen LogP contribution in [0.15, 0.2) is 47.4 Å². The molecule has 0 aliphatic carbocycles. The van der Waals surface area contributed by atoms with Crippen LogP contribution in [0.5, 0.6) is 5.75 Å². The second kappa shape index (κ2) is 9.13. The Labute approximate surface area is 182 Å². The molecule has 1 atom stereocenters. The van der Waals surface area contributed by atoms with Crippen LogP contribution in [0.2, 0.25) is 0 Å². The largest absolute Gasteiger partial charge is 0.497 e. The van der Waals surface area contributed by atoms with Crippen molar-refractivity contribution < 1.29 is 14.3 Å². The molecule has 5 nitrogen and oxygen atoms in total. The second-order valence-corrected chi connectivity index (χ2v) is 9.47. The number of anilines is 1. The van der Waals surface area contributed by atoms with E-state index in [1.54, 1.807) is 7.11 Å². The highest BCUT2D eigenvalue weighted by molar-refractivity contribution is 8.00. The summed E-state index contributed by atoms with van der Waals surface area (Å²) in [6, 6.07) is 13.9. The van der Waals surface area contributed by atoms with Crippen LogP contribution in [-0.4, -0.2) is 42.2 Å². The summed E-state index contributed by atoms with van der Waals surface area (Å²) in [6.45, 7) is 3.48. The van der Waals surface area contributed by atoms with Crippen LogP contribution in [0.1, 0.15) is 42.1 Å². The minimum Gasteiger partial charge on any atom is -0.497 e. The highest BCUT2D eigenvalue weighted by atomic mass is 32.2. The Hall–Kier alpha value is -2.47. The standard InChI is InChI=1S/C24H28N2O3S/c1-16-23(27)25-21-15-19(7-10-22(21)30-16)24(28)26-13-11-18(12-14-26)4-3-17-5-8-20(29-2)9-6-17/h5-10,15-16,18H,3-4,11-14H2,1-2H3,(H,25,27). The molecule has 0 bridgehead atoms. The van der Waals surface area contributed by atoms with Crippen molar-refractivity contribution in [1.82, 2.24) is 4.90 Å². The first-order valence-electron chi connectivity index (χ1n) is 10.6. The number of nitrogens with one attached hydrogen (secondary N) is 1. The van der Waals surface area contributed by atoms with Crippen molar-refractivity contribution in [3.8, 4) is 5.75 Å². The maximum atomic E-state index is 13.0. The Morgan fingerprint density at radius 1 is 1.17 bits per heavy atom. The Kier molecular flexibility index (Phi) is 6.32.